The van der Waals surface area contributed by atoms with E-state index < -0.39 is 6.09 Å². The molecule has 0 radical (unpaired) electrons. The number of fused-ring (bicyclic) bond motifs is 1. The summed E-state index contributed by atoms with van der Waals surface area (Å²) in [5, 5.41) is 13.4. The SMILES string of the molecule is O=C(O)NCCC1CCN(c2cc3ccccc3cn2)CC1. The Balaban J connectivity index is 1.57. The van der Waals surface area contributed by atoms with Gasteiger partial charge < -0.3 is 15.3 Å². The molecule has 0 aliphatic carbocycles. The van der Waals surface area contributed by atoms with Gasteiger partial charge in [0.05, 0.1) is 0 Å². The van der Waals surface area contributed by atoms with Crippen LogP contribution < -0.4 is 10.2 Å². The van der Waals surface area contributed by atoms with Crippen LogP contribution in [0.4, 0.5) is 10.6 Å². The van der Waals surface area contributed by atoms with Crippen molar-refractivity contribution in [3.63, 3.8) is 0 Å². The van der Waals surface area contributed by atoms with E-state index in [1.165, 1.54) is 10.8 Å². The molecule has 1 aromatic heterocycles. The molecule has 2 aromatic rings. The number of hydrogen-bond donors (Lipinski definition) is 2. The lowest BCUT2D eigenvalue weighted by molar-refractivity contribution is 0.193. The van der Waals surface area contributed by atoms with E-state index in [0.717, 1.165) is 38.2 Å². The van der Waals surface area contributed by atoms with Gasteiger partial charge in [-0.3, -0.25) is 0 Å². The second-order valence-electron chi connectivity index (χ2n) is 5.84. The molecule has 0 spiro atoms. The molecular weight excluding hydrogens is 278 g/mol. The Kier molecular flexibility index (Phi) is 4.42. The van der Waals surface area contributed by atoms with Crippen LogP contribution in [-0.4, -0.2) is 35.8 Å². The van der Waals surface area contributed by atoms with Gasteiger partial charge in [-0.05, 0) is 36.6 Å². The predicted molar refractivity (Wildman–Crippen MR) is 87.3 cm³/mol. The monoisotopic (exact) mass is 299 g/mol. The predicted octanol–water partition coefficient (Wildman–Crippen LogP) is 3.11. The molecule has 116 valence electrons. The first-order chi connectivity index (χ1) is 10.7. The molecule has 0 bridgehead atoms. The molecule has 1 saturated heterocycles. The number of nitrogens with zero attached hydrogens (tertiary/aromatic N) is 2. The summed E-state index contributed by atoms with van der Waals surface area (Å²) in [7, 11) is 0. The van der Waals surface area contributed by atoms with Gasteiger partial charge in [-0.1, -0.05) is 24.3 Å². The highest BCUT2D eigenvalue weighted by atomic mass is 16.4. The summed E-state index contributed by atoms with van der Waals surface area (Å²) in [6.45, 7) is 2.53. The molecule has 22 heavy (non-hydrogen) atoms. The van der Waals surface area contributed by atoms with Gasteiger partial charge in [0.1, 0.15) is 5.82 Å². The molecule has 0 saturated carbocycles. The van der Waals surface area contributed by atoms with Crippen LogP contribution in [0.3, 0.4) is 0 Å². The average molecular weight is 299 g/mol. The summed E-state index contributed by atoms with van der Waals surface area (Å²) in [4.78, 5) is 17.4. The Labute approximate surface area is 130 Å². The molecule has 0 atom stereocenters. The number of amides is 1. The van der Waals surface area contributed by atoms with E-state index in [-0.39, 0.29) is 0 Å². The second-order valence-corrected chi connectivity index (χ2v) is 5.84. The summed E-state index contributed by atoms with van der Waals surface area (Å²) in [6.07, 6.45) is 4.11. The lowest BCUT2D eigenvalue weighted by Crippen LogP contribution is -2.35. The van der Waals surface area contributed by atoms with Crippen LogP contribution in [0.2, 0.25) is 0 Å². The molecule has 5 nitrogen and oxygen atoms in total. The van der Waals surface area contributed by atoms with Crippen molar-refractivity contribution >= 4 is 22.7 Å². The van der Waals surface area contributed by atoms with E-state index in [1.807, 2.05) is 18.3 Å². The van der Waals surface area contributed by atoms with Crippen LogP contribution in [0.25, 0.3) is 10.8 Å². The number of anilines is 1. The van der Waals surface area contributed by atoms with Crippen molar-refractivity contribution in [2.45, 2.75) is 19.3 Å². The van der Waals surface area contributed by atoms with E-state index in [1.54, 1.807) is 0 Å². The Morgan fingerprint density at radius 3 is 2.73 bits per heavy atom. The van der Waals surface area contributed by atoms with E-state index in [9.17, 15) is 4.79 Å². The van der Waals surface area contributed by atoms with Gasteiger partial charge in [-0.25, -0.2) is 9.78 Å². The molecule has 2 heterocycles. The van der Waals surface area contributed by atoms with Gasteiger partial charge in [-0.15, -0.1) is 0 Å². The minimum absolute atomic E-state index is 0.550. The van der Waals surface area contributed by atoms with Crippen molar-refractivity contribution in [2.75, 3.05) is 24.5 Å². The quantitative estimate of drug-likeness (QED) is 0.910. The summed E-state index contributed by atoms with van der Waals surface area (Å²) in [6, 6.07) is 10.4. The first kappa shape index (κ1) is 14.6. The normalized spacial score (nSPS) is 15.9. The number of rotatable bonds is 4. The third kappa shape index (κ3) is 3.47. The summed E-state index contributed by atoms with van der Waals surface area (Å²) in [5.41, 5.74) is 0. The highest BCUT2D eigenvalue weighted by molar-refractivity contribution is 5.83. The Morgan fingerprint density at radius 2 is 2.00 bits per heavy atom. The fraction of sp³-hybridized carbons (Fsp3) is 0.412. The minimum Gasteiger partial charge on any atom is -0.465 e. The van der Waals surface area contributed by atoms with Gasteiger partial charge in [-0.2, -0.15) is 0 Å². The maximum absolute atomic E-state index is 10.5. The number of carbonyl (C=O) groups is 1. The highest BCUT2D eigenvalue weighted by Gasteiger charge is 2.20. The number of benzene rings is 1. The zero-order valence-corrected chi connectivity index (χ0v) is 12.5. The molecule has 1 aliphatic rings. The summed E-state index contributed by atoms with van der Waals surface area (Å²) < 4.78 is 0. The molecule has 1 amide bonds. The van der Waals surface area contributed by atoms with Crippen LogP contribution in [0.15, 0.2) is 36.5 Å². The van der Waals surface area contributed by atoms with Crippen molar-refractivity contribution in [1.82, 2.24) is 10.3 Å². The van der Waals surface area contributed by atoms with Gasteiger partial charge in [0.25, 0.3) is 0 Å². The average Bonchev–Trinajstić information content (AvgIpc) is 2.55. The maximum Gasteiger partial charge on any atom is 0.404 e. The van der Waals surface area contributed by atoms with E-state index in [0.29, 0.717) is 12.5 Å². The Morgan fingerprint density at radius 1 is 1.27 bits per heavy atom. The van der Waals surface area contributed by atoms with Crippen LogP contribution in [0, 0.1) is 5.92 Å². The van der Waals surface area contributed by atoms with Gasteiger partial charge in [0, 0.05) is 31.2 Å². The number of piperidine rings is 1. The van der Waals surface area contributed by atoms with Crippen LogP contribution in [0.5, 0.6) is 0 Å². The number of carboxylic acid groups (broad SMARTS) is 1. The van der Waals surface area contributed by atoms with Crippen molar-refractivity contribution in [2.24, 2.45) is 5.92 Å². The van der Waals surface area contributed by atoms with Gasteiger partial charge >= 0.3 is 6.09 Å². The molecule has 3 rings (SSSR count). The van der Waals surface area contributed by atoms with E-state index in [2.05, 4.69) is 33.4 Å². The van der Waals surface area contributed by atoms with Crippen LogP contribution in [-0.2, 0) is 0 Å². The number of hydrogen-bond acceptors (Lipinski definition) is 3. The summed E-state index contributed by atoms with van der Waals surface area (Å²) >= 11 is 0. The Hall–Kier alpha value is -2.30. The molecule has 0 unspecified atom stereocenters. The van der Waals surface area contributed by atoms with Crippen molar-refractivity contribution < 1.29 is 9.90 Å². The zero-order valence-electron chi connectivity index (χ0n) is 12.5. The molecule has 1 aromatic carbocycles. The first-order valence-electron chi connectivity index (χ1n) is 7.79. The fourth-order valence-electron chi connectivity index (χ4n) is 3.08. The minimum atomic E-state index is -0.933. The van der Waals surface area contributed by atoms with Crippen molar-refractivity contribution in [1.29, 1.82) is 0 Å². The molecule has 2 N–H and O–H groups in total. The zero-order chi connectivity index (χ0) is 15.4. The van der Waals surface area contributed by atoms with E-state index in [4.69, 9.17) is 5.11 Å². The second kappa shape index (κ2) is 6.64. The molecule has 1 fully saturated rings. The Bertz CT molecular complexity index is 651. The molecular formula is C17H21N3O2. The lowest BCUT2D eigenvalue weighted by Gasteiger charge is -2.33. The van der Waals surface area contributed by atoms with Crippen molar-refractivity contribution in [3.8, 4) is 0 Å². The number of nitrogens with one attached hydrogen (secondary N) is 1. The molecule has 5 heteroatoms. The maximum atomic E-state index is 10.5. The largest absolute Gasteiger partial charge is 0.465 e. The van der Waals surface area contributed by atoms with Gasteiger partial charge in [0.15, 0.2) is 0 Å². The van der Waals surface area contributed by atoms with Gasteiger partial charge in [0.2, 0.25) is 0 Å². The number of aromatic nitrogens is 1. The summed E-state index contributed by atoms with van der Waals surface area (Å²) in [5.74, 6) is 1.64. The van der Waals surface area contributed by atoms with E-state index >= 15 is 0 Å². The first-order valence-corrected chi connectivity index (χ1v) is 7.79. The van der Waals surface area contributed by atoms with Crippen LogP contribution >= 0.6 is 0 Å². The van der Waals surface area contributed by atoms with Crippen LogP contribution in [0.1, 0.15) is 19.3 Å². The molecule has 1 aliphatic heterocycles. The third-order valence-corrected chi connectivity index (χ3v) is 4.38. The topological polar surface area (TPSA) is 65.5 Å². The smallest absolute Gasteiger partial charge is 0.404 e. The third-order valence-electron chi connectivity index (χ3n) is 4.38. The highest BCUT2D eigenvalue weighted by Crippen LogP contribution is 2.25. The standard InChI is InChI=1S/C17H21N3O2/c21-17(22)18-8-5-13-6-9-20(10-7-13)16-11-14-3-1-2-4-15(14)12-19-16/h1-4,11-13,18H,5-10H2,(H,21,22). The fourth-order valence-corrected chi connectivity index (χ4v) is 3.08. The van der Waals surface area contributed by atoms with Crippen molar-refractivity contribution in [3.05, 3.63) is 36.5 Å². The lowest BCUT2D eigenvalue weighted by atomic mass is 9.93. The number of pyridine rings is 1.